The predicted octanol–water partition coefficient (Wildman–Crippen LogP) is 2.47. The molecule has 0 fully saturated rings. The number of ether oxygens (including phenoxy) is 1. The van der Waals surface area contributed by atoms with Crippen LogP contribution in [0, 0.1) is 0 Å². The number of nitrogens with zero attached hydrogens (tertiary/aromatic N) is 5. The van der Waals surface area contributed by atoms with E-state index in [0.29, 0.717) is 28.4 Å². The number of rotatable bonds is 6. The summed E-state index contributed by atoms with van der Waals surface area (Å²) in [4.78, 5) is 4.33. The second-order valence-electron chi connectivity index (χ2n) is 5.39. The van der Waals surface area contributed by atoms with Crippen LogP contribution in [0.4, 0.5) is 0 Å². The van der Waals surface area contributed by atoms with Gasteiger partial charge in [0.1, 0.15) is 5.75 Å². The maximum Gasteiger partial charge on any atom is 0.237 e. The van der Waals surface area contributed by atoms with Gasteiger partial charge >= 0.3 is 0 Å². The van der Waals surface area contributed by atoms with Crippen molar-refractivity contribution in [2.45, 2.75) is 30.7 Å². The Bertz CT molecular complexity index is 812. The van der Waals surface area contributed by atoms with Crippen LogP contribution in [-0.2, 0) is 5.75 Å². The van der Waals surface area contributed by atoms with Crippen molar-refractivity contribution in [3.63, 3.8) is 0 Å². The highest BCUT2D eigenvalue weighted by atomic mass is 32.2. The standard InChI is InChI=1S/C15H18N6O2S/c1-9(2)13-17-12(23-20-13)8-24-15-19-18-14(21(15)16)10-4-6-11(22-3)7-5-10/h4-7,9H,8,16H2,1-3H3. The van der Waals surface area contributed by atoms with E-state index in [0.717, 1.165) is 11.3 Å². The summed E-state index contributed by atoms with van der Waals surface area (Å²) in [5, 5.41) is 12.8. The third-order valence-electron chi connectivity index (χ3n) is 3.34. The van der Waals surface area contributed by atoms with Gasteiger partial charge < -0.3 is 15.1 Å². The molecule has 24 heavy (non-hydrogen) atoms. The van der Waals surface area contributed by atoms with Crippen LogP contribution in [0.1, 0.15) is 31.5 Å². The minimum atomic E-state index is 0.229. The summed E-state index contributed by atoms with van der Waals surface area (Å²) < 4.78 is 11.8. The molecule has 0 aliphatic carbocycles. The van der Waals surface area contributed by atoms with Gasteiger partial charge in [-0.2, -0.15) is 4.98 Å². The number of hydrogen-bond donors (Lipinski definition) is 1. The van der Waals surface area contributed by atoms with E-state index >= 15 is 0 Å². The molecule has 126 valence electrons. The minimum Gasteiger partial charge on any atom is -0.497 e. The molecule has 8 nitrogen and oxygen atoms in total. The van der Waals surface area contributed by atoms with Gasteiger partial charge in [0, 0.05) is 11.5 Å². The first kappa shape index (κ1) is 16.3. The third-order valence-corrected chi connectivity index (χ3v) is 4.27. The first-order valence-electron chi connectivity index (χ1n) is 7.38. The van der Waals surface area contributed by atoms with E-state index in [1.807, 2.05) is 38.1 Å². The fourth-order valence-electron chi connectivity index (χ4n) is 2.00. The molecular weight excluding hydrogens is 328 g/mol. The highest BCUT2D eigenvalue weighted by molar-refractivity contribution is 7.98. The molecule has 0 spiro atoms. The van der Waals surface area contributed by atoms with Crippen molar-refractivity contribution >= 4 is 11.8 Å². The van der Waals surface area contributed by atoms with Crippen LogP contribution in [0.3, 0.4) is 0 Å². The predicted molar refractivity (Wildman–Crippen MR) is 90.1 cm³/mol. The molecular formula is C15H18N6O2S. The Hall–Kier alpha value is -2.55. The van der Waals surface area contributed by atoms with Crippen molar-refractivity contribution in [2.75, 3.05) is 13.0 Å². The number of aromatic nitrogens is 5. The largest absolute Gasteiger partial charge is 0.497 e. The van der Waals surface area contributed by atoms with Crippen molar-refractivity contribution in [1.82, 2.24) is 25.0 Å². The molecule has 0 bridgehead atoms. The molecule has 2 heterocycles. The zero-order chi connectivity index (χ0) is 17.1. The average molecular weight is 346 g/mol. The number of nitrogen functional groups attached to an aromatic ring is 1. The second-order valence-corrected chi connectivity index (χ2v) is 6.34. The Morgan fingerprint density at radius 3 is 2.62 bits per heavy atom. The Morgan fingerprint density at radius 1 is 1.25 bits per heavy atom. The molecule has 0 aliphatic heterocycles. The molecule has 0 aliphatic rings. The van der Waals surface area contributed by atoms with Crippen molar-refractivity contribution < 1.29 is 9.26 Å². The second kappa shape index (κ2) is 6.91. The fourth-order valence-corrected chi connectivity index (χ4v) is 2.69. The summed E-state index contributed by atoms with van der Waals surface area (Å²) in [5.74, 6) is 9.39. The van der Waals surface area contributed by atoms with Crippen molar-refractivity contribution in [3.05, 3.63) is 36.0 Å². The van der Waals surface area contributed by atoms with Gasteiger partial charge in [-0.05, 0) is 24.3 Å². The Kier molecular flexibility index (Phi) is 4.70. The van der Waals surface area contributed by atoms with Crippen LogP contribution in [0.25, 0.3) is 11.4 Å². The summed E-state index contributed by atoms with van der Waals surface area (Å²) in [7, 11) is 1.62. The molecule has 9 heteroatoms. The summed E-state index contributed by atoms with van der Waals surface area (Å²) in [5.41, 5.74) is 0.859. The van der Waals surface area contributed by atoms with Crippen LogP contribution < -0.4 is 10.6 Å². The van der Waals surface area contributed by atoms with Gasteiger partial charge in [0.25, 0.3) is 0 Å². The van der Waals surface area contributed by atoms with Crippen LogP contribution in [0.2, 0.25) is 0 Å². The lowest BCUT2D eigenvalue weighted by atomic mass is 10.2. The Labute approximate surface area is 143 Å². The van der Waals surface area contributed by atoms with Gasteiger partial charge in [0.05, 0.1) is 12.9 Å². The normalized spacial score (nSPS) is 11.2. The molecule has 2 aromatic heterocycles. The monoisotopic (exact) mass is 346 g/mol. The lowest BCUT2D eigenvalue weighted by Crippen LogP contribution is -2.11. The Balaban J connectivity index is 1.71. The lowest BCUT2D eigenvalue weighted by molar-refractivity contribution is 0.382. The fraction of sp³-hybridized carbons (Fsp3) is 0.333. The highest BCUT2D eigenvalue weighted by Crippen LogP contribution is 2.25. The van der Waals surface area contributed by atoms with E-state index in [-0.39, 0.29) is 5.92 Å². The van der Waals surface area contributed by atoms with Crippen LogP contribution in [-0.4, -0.2) is 32.1 Å². The third kappa shape index (κ3) is 3.35. The maximum absolute atomic E-state index is 6.10. The highest BCUT2D eigenvalue weighted by Gasteiger charge is 2.15. The topological polar surface area (TPSA) is 105 Å². The molecule has 0 saturated heterocycles. The molecule has 0 atom stereocenters. The van der Waals surface area contributed by atoms with Gasteiger partial charge in [-0.15, -0.1) is 10.2 Å². The molecule has 0 amide bonds. The van der Waals surface area contributed by atoms with Crippen LogP contribution >= 0.6 is 11.8 Å². The average Bonchev–Trinajstić information content (AvgIpc) is 3.20. The molecule has 1 aromatic carbocycles. The Morgan fingerprint density at radius 2 is 2.00 bits per heavy atom. The molecule has 0 unspecified atom stereocenters. The summed E-state index contributed by atoms with van der Waals surface area (Å²) in [6.07, 6.45) is 0. The molecule has 0 radical (unpaired) electrons. The van der Waals surface area contributed by atoms with Crippen molar-refractivity contribution in [2.24, 2.45) is 0 Å². The number of nitrogens with two attached hydrogens (primary N) is 1. The van der Waals surface area contributed by atoms with Crippen LogP contribution in [0.15, 0.2) is 33.9 Å². The van der Waals surface area contributed by atoms with Gasteiger partial charge in [-0.3, -0.25) is 0 Å². The summed E-state index contributed by atoms with van der Waals surface area (Å²) in [6, 6.07) is 7.46. The number of hydrogen-bond acceptors (Lipinski definition) is 8. The van der Waals surface area contributed by atoms with E-state index in [1.165, 1.54) is 16.4 Å². The van der Waals surface area contributed by atoms with Gasteiger partial charge in [0.2, 0.25) is 11.0 Å². The van der Waals surface area contributed by atoms with E-state index in [1.54, 1.807) is 7.11 Å². The van der Waals surface area contributed by atoms with Crippen molar-refractivity contribution in [1.29, 1.82) is 0 Å². The van der Waals surface area contributed by atoms with E-state index in [9.17, 15) is 0 Å². The minimum absolute atomic E-state index is 0.229. The molecule has 2 N–H and O–H groups in total. The quantitative estimate of drug-likeness (QED) is 0.536. The summed E-state index contributed by atoms with van der Waals surface area (Å²) >= 11 is 1.39. The van der Waals surface area contributed by atoms with E-state index in [4.69, 9.17) is 15.1 Å². The number of thioether (sulfide) groups is 1. The smallest absolute Gasteiger partial charge is 0.237 e. The van der Waals surface area contributed by atoms with Gasteiger partial charge in [0.15, 0.2) is 11.6 Å². The van der Waals surface area contributed by atoms with E-state index < -0.39 is 0 Å². The first-order valence-corrected chi connectivity index (χ1v) is 8.37. The first-order chi connectivity index (χ1) is 11.6. The SMILES string of the molecule is COc1ccc(-c2nnc(SCc3nc(C(C)C)no3)n2N)cc1. The zero-order valence-corrected chi connectivity index (χ0v) is 14.4. The molecule has 3 aromatic rings. The van der Waals surface area contributed by atoms with Gasteiger partial charge in [-0.25, -0.2) is 4.68 Å². The van der Waals surface area contributed by atoms with E-state index in [2.05, 4.69) is 20.3 Å². The molecule has 3 rings (SSSR count). The van der Waals surface area contributed by atoms with Crippen LogP contribution in [0.5, 0.6) is 5.75 Å². The number of benzene rings is 1. The summed E-state index contributed by atoms with van der Waals surface area (Å²) in [6.45, 7) is 4.03. The number of methoxy groups -OCH3 is 1. The zero-order valence-electron chi connectivity index (χ0n) is 13.6. The lowest BCUT2D eigenvalue weighted by Gasteiger charge is -2.04. The maximum atomic E-state index is 6.10. The van der Waals surface area contributed by atoms with Gasteiger partial charge in [-0.1, -0.05) is 30.8 Å². The van der Waals surface area contributed by atoms with Crippen molar-refractivity contribution in [3.8, 4) is 17.1 Å². The molecule has 0 saturated carbocycles.